The Morgan fingerprint density at radius 1 is 0.964 bits per heavy atom. The Labute approximate surface area is 200 Å². The smallest absolute Gasteiger partial charge is 1.00 e. The van der Waals surface area contributed by atoms with Gasteiger partial charge in [0.25, 0.3) is 0 Å². The van der Waals surface area contributed by atoms with Crippen LogP contribution in [0.15, 0.2) is 48.5 Å². The number of hydrogen-bond acceptors (Lipinski definition) is 5. The molecule has 0 fully saturated rings. The molecule has 0 aliphatic heterocycles. The van der Waals surface area contributed by atoms with Gasteiger partial charge in [0.2, 0.25) is 5.91 Å². The molecule has 0 saturated carbocycles. The zero-order valence-electron chi connectivity index (χ0n) is 17.4. The van der Waals surface area contributed by atoms with Gasteiger partial charge in [-0.1, -0.05) is 0 Å². The average molecular weight is 432 g/mol. The summed E-state index contributed by atoms with van der Waals surface area (Å²) in [6, 6.07) is 15.3. The van der Waals surface area contributed by atoms with Crippen molar-refractivity contribution in [3.05, 3.63) is 48.5 Å². The maximum Gasteiger partial charge on any atom is 1.00 e. The number of rotatable bonds is 7. The fourth-order valence-electron chi connectivity index (χ4n) is 1.90. The predicted octanol–water partition coefficient (Wildman–Crippen LogP) is 0.811. The Bertz CT molecular complexity index is 666. The van der Waals surface area contributed by atoms with Gasteiger partial charge in [-0.05, 0) is 74.6 Å². The molecule has 2 aromatic carbocycles. The van der Waals surface area contributed by atoms with Crippen LogP contribution in [0.1, 0.15) is 15.3 Å². The fraction of sp³-hybridized carbons (Fsp3) is 0.263. The molecule has 1 amide bonds. The molecular formula is C19H26N3NaO3S2. The summed E-state index contributed by atoms with van der Waals surface area (Å²) in [6.07, 6.45) is 0. The van der Waals surface area contributed by atoms with Crippen LogP contribution in [-0.4, -0.2) is 30.0 Å². The van der Waals surface area contributed by atoms with Gasteiger partial charge in [0.05, 0.1) is 19.0 Å². The van der Waals surface area contributed by atoms with Gasteiger partial charge in [-0.2, -0.15) is 12.6 Å². The summed E-state index contributed by atoms with van der Waals surface area (Å²) in [5.41, 5.74) is 6.39. The second-order valence-corrected chi connectivity index (χ2v) is 5.84. The van der Waals surface area contributed by atoms with Crippen molar-refractivity contribution in [2.45, 2.75) is 13.8 Å². The molecule has 0 radical (unpaired) electrons. The van der Waals surface area contributed by atoms with E-state index in [2.05, 4.69) is 29.0 Å². The van der Waals surface area contributed by atoms with Crippen molar-refractivity contribution in [2.75, 3.05) is 29.6 Å². The number of thiocarbonyl (C=S) groups is 1. The Morgan fingerprint density at radius 2 is 1.29 bits per heavy atom. The third-order valence-electron chi connectivity index (χ3n) is 3.00. The zero-order chi connectivity index (χ0) is 20.1. The van der Waals surface area contributed by atoms with Gasteiger partial charge in [-0.15, -0.1) is 0 Å². The van der Waals surface area contributed by atoms with E-state index in [-0.39, 0.29) is 42.6 Å². The molecular weight excluding hydrogens is 405 g/mol. The first kappa shape index (κ1) is 26.6. The van der Waals surface area contributed by atoms with Crippen molar-refractivity contribution in [1.82, 2.24) is 0 Å². The van der Waals surface area contributed by atoms with E-state index >= 15 is 0 Å². The molecule has 0 heterocycles. The van der Waals surface area contributed by atoms with Crippen molar-refractivity contribution in [1.29, 1.82) is 0 Å². The Balaban J connectivity index is 0. The third kappa shape index (κ3) is 11.4. The van der Waals surface area contributed by atoms with E-state index in [1.165, 1.54) is 0 Å². The van der Waals surface area contributed by atoms with Crippen LogP contribution in [0.3, 0.4) is 0 Å². The molecule has 6 nitrogen and oxygen atoms in total. The number of ether oxygens (including phenoxy) is 2. The summed E-state index contributed by atoms with van der Waals surface area (Å²) < 4.78 is 10.8. The molecule has 0 aliphatic carbocycles. The molecule has 0 bridgehead atoms. The largest absolute Gasteiger partial charge is 1.00 e. The van der Waals surface area contributed by atoms with Gasteiger partial charge in [0, 0.05) is 11.4 Å². The zero-order valence-corrected chi connectivity index (χ0v) is 20.1. The van der Waals surface area contributed by atoms with Gasteiger partial charge in [-0.3, -0.25) is 4.79 Å². The topological polar surface area (TPSA) is 85.6 Å². The first-order chi connectivity index (χ1) is 13.0. The van der Waals surface area contributed by atoms with Crippen LogP contribution < -0.4 is 55.4 Å². The summed E-state index contributed by atoms with van der Waals surface area (Å²) in [7, 11) is 0. The molecule has 4 N–H and O–H groups in total. The summed E-state index contributed by atoms with van der Waals surface area (Å²) in [6.45, 7) is 5.24. The minimum atomic E-state index is -0.381. The van der Waals surface area contributed by atoms with Crippen molar-refractivity contribution >= 4 is 47.2 Å². The first-order valence-corrected chi connectivity index (χ1v) is 9.45. The molecule has 0 saturated heterocycles. The van der Waals surface area contributed by atoms with Crippen LogP contribution in [0.25, 0.3) is 0 Å². The first-order valence-electron chi connectivity index (χ1n) is 8.41. The van der Waals surface area contributed by atoms with Gasteiger partial charge < -0.3 is 27.3 Å². The number of thiol groups is 1. The SMILES string of the molecule is CCOc1ccc(NC(=S)Nc2ccc(OCC)cc2)cc1.NC(=O)CS.[H-].[Na+]. The Hall–Kier alpha value is -1.45. The Morgan fingerprint density at radius 3 is 1.54 bits per heavy atom. The van der Waals surface area contributed by atoms with Crippen LogP contribution >= 0.6 is 24.8 Å². The van der Waals surface area contributed by atoms with E-state index in [9.17, 15) is 4.79 Å². The van der Waals surface area contributed by atoms with Crippen molar-refractivity contribution in [2.24, 2.45) is 5.73 Å². The second-order valence-electron chi connectivity index (χ2n) is 5.12. The third-order valence-corrected chi connectivity index (χ3v) is 3.52. The van der Waals surface area contributed by atoms with Crippen LogP contribution in [0.2, 0.25) is 0 Å². The normalized spacial score (nSPS) is 9.11. The van der Waals surface area contributed by atoms with Crippen LogP contribution in [0, 0.1) is 0 Å². The van der Waals surface area contributed by atoms with E-state index in [4.69, 9.17) is 21.7 Å². The van der Waals surface area contributed by atoms with E-state index in [0.29, 0.717) is 18.3 Å². The maximum absolute atomic E-state index is 9.51. The summed E-state index contributed by atoms with van der Waals surface area (Å²) in [5.74, 6) is 1.45. The number of benzene rings is 2. The van der Waals surface area contributed by atoms with E-state index < -0.39 is 0 Å². The van der Waals surface area contributed by atoms with Crippen LogP contribution in [0.5, 0.6) is 11.5 Å². The minimum absolute atomic E-state index is 0. The summed E-state index contributed by atoms with van der Waals surface area (Å²) in [4.78, 5) is 9.51. The molecule has 0 unspecified atom stereocenters. The molecule has 148 valence electrons. The van der Waals surface area contributed by atoms with E-state index in [0.717, 1.165) is 22.9 Å². The van der Waals surface area contributed by atoms with Crippen molar-refractivity contribution in [3.8, 4) is 11.5 Å². The fourth-order valence-corrected chi connectivity index (χ4v) is 2.13. The quantitative estimate of drug-likeness (QED) is 0.295. The van der Waals surface area contributed by atoms with E-state index in [1.807, 2.05) is 62.4 Å². The second kappa shape index (κ2) is 15.5. The number of anilines is 2. The van der Waals surface area contributed by atoms with Crippen molar-refractivity contribution < 1.29 is 45.3 Å². The summed E-state index contributed by atoms with van der Waals surface area (Å²) in [5, 5.41) is 6.80. The Kier molecular flexibility index (Phi) is 14.7. The number of carbonyl (C=O) groups is 1. The molecule has 0 aromatic heterocycles. The van der Waals surface area contributed by atoms with Crippen LogP contribution in [0.4, 0.5) is 11.4 Å². The van der Waals surface area contributed by atoms with E-state index in [1.54, 1.807) is 0 Å². The number of nitrogens with two attached hydrogens (primary N) is 1. The number of carbonyl (C=O) groups excluding carboxylic acids is 1. The number of amides is 1. The standard InChI is InChI=1S/C17H20N2O2S.C2H5NOS.Na.H/c1-3-20-15-9-5-13(6-10-15)18-17(22)19-14-7-11-16(12-8-14)21-4-2;3-2(4)1-5;;/h5-12H,3-4H2,1-2H3,(H2,18,19,22);5H,1H2,(H2,3,4);;/q;;+1;-1. The monoisotopic (exact) mass is 431 g/mol. The van der Waals surface area contributed by atoms with Crippen molar-refractivity contribution in [3.63, 3.8) is 0 Å². The average Bonchev–Trinajstić information content (AvgIpc) is 2.66. The van der Waals surface area contributed by atoms with Gasteiger partial charge >= 0.3 is 29.6 Å². The van der Waals surface area contributed by atoms with Gasteiger partial charge in [0.15, 0.2) is 5.11 Å². The minimum Gasteiger partial charge on any atom is -1.00 e. The number of nitrogens with one attached hydrogen (secondary N) is 2. The van der Waals surface area contributed by atoms with Crippen LogP contribution in [-0.2, 0) is 4.79 Å². The molecule has 0 aliphatic rings. The molecule has 2 rings (SSSR count). The molecule has 2 aromatic rings. The number of hydrogen-bond donors (Lipinski definition) is 4. The van der Waals surface area contributed by atoms with Gasteiger partial charge in [-0.25, -0.2) is 0 Å². The predicted molar refractivity (Wildman–Crippen MR) is 119 cm³/mol. The maximum atomic E-state index is 9.51. The molecule has 9 heteroatoms. The molecule has 0 spiro atoms. The molecule has 0 atom stereocenters. The number of primary amides is 1. The van der Waals surface area contributed by atoms with Gasteiger partial charge in [0.1, 0.15) is 11.5 Å². The molecule has 28 heavy (non-hydrogen) atoms. The summed E-state index contributed by atoms with van der Waals surface area (Å²) >= 11 is 8.84.